The lowest BCUT2D eigenvalue weighted by Crippen LogP contribution is -2.15. The maximum Gasteiger partial charge on any atom is 0.128 e. The third-order valence-electron chi connectivity index (χ3n) is 2.74. The summed E-state index contributed by atoms with van der Waals surface area (Å²) in [5, 5.41) is 0. The van der Waals surface area contributed by atoms with E-state index in [0.29, 0.717) is 15.6 Å². The van der Waals surface area contributed by atoms with Crippen molar-refractivity contribution < 1.29 is 13.2 Å². The van der Waals surface area contributed by atoms with Gasteiger partial charge < -0.3 is 5.73 Å². The van der Waals surface area contributed by atoms with Crippen molar-refractivity contribution in [3.8, 4) is 0 Å². The second-order valence-corrected chi connectivity index (χ2v) is 5.17. The molecule has 0 heterocycles. The van der Waals surface area contributed by atoms with Gasteiger partial charge in [-0.05, 0) is 42.3 Å². The van der Waals surface area contributed by atoms with E-state index in [2.05, 4.69) is 15.9 Å². The highest BCUT2D eigenvalue weighted by molar-refractivity contribution is 9.10. The molecular formula is C14H11BrF3N. The van der Waals surface area contributed by atoms with E-state index >= 15 is 0 Å². The van der Waals surface area contributed by atoms with Gasteiger partial charge in [0.15, 0.2) is 0 Å². The molecule has 0 aliphatic heterocycles. The van der Waals surface area contributed by atoms with Gasteiger partial charge in [0.25, 0.3) is 0 Å². The van der Waals surface area contributed by atoms with Gasteiger partial charge in [0.2, 0.25) is 0 Å². The highest BCUT2D eigenvalue weighted by Crippen LogP contribution is 2.23. The largest absolute Gasteiger partial charge is 0.324 e. The zero-order chi connectivity index (χ0) is 14.0. The fraction of sp³-hybridized carbons (Fsp3) is 0.143. The first-order valence-corrected chi connectivity index (χ1v) is 6.40. The summed E-state index contributed by atoms with van der Waals surface area (Å²) in [6.07, 6.45) is 0.155. The average molecular weight is 330 g/mol. The first-order chi connectivity index (χ1) is 8.95. The molecule has 0 spiro atoms. The summed E-state index contributed by atoms with van der Waals surface area (Å²) in [6.45, 7) is 0. The van der Waals surface area contributed by atoms with E-state index in [1.54, 1.807) is 12.1 Å². The van der Waals surface area contributed by atoms with Crippen LogP contribution in [0.25, 0.3) is 0 Å². The minimum atomic E-state index is -0.670. The summed E-state index contributed by atoms with van der Waals surface area (Å²) in [6, 6.07) is 6.93. The van der Waals surface area contributed by atoms with E-state index in [9.17, 15) is 13.2 Å². The molecule has 0 bridgehead atoms. The lowest BCUT2D eigenvalue weighted by Gasteiger charge is -2.13. The van der Waals surface area contributed by atoms with Crippen LogP contribution in [0.2, 0.25) is 0 Å². The van der Waals surface area contributed by atoms with Crippen LogP contribution >= 0.6 is 15.9 Å². The van der Waals surface area contributed by atoms with Crippen LogP contribution < -0.4 is 5.73 Å². The van der Waals surface area contributed by atoms with Gasteiger partial charge in [-0.25, -0.2) is 13.2 Å². The van der Waals surface area contributed by atoms with Crippen molar-refractivity contribution in [2.24, 2.45) is 5.73 Å². The molecule has 0 radical (unpaired) electrons. The third kappa shape index (κ3) is 3.58. The molecule has 2 rings (SSSR count). The van der Waals surface area contributed by atoms with Gasteiger partial charge in [-0.1, -0.05) is 15.9 Å². The number of nitrogens with two attached hydrogens (primary N) is 1. The third-order valence-corrected chi connectivity index (χ3v) is 3.23. The Balaban J connectivity index is 2.25. The molecular weight excluding hydrogens is 319 g/mol. The molecule has 2 aromatic carbocycles. The number of benzene rings is 2. The molecule has 0 saturated heterocycles. The Morgan fingerprint density at radius 3 is 2.26 bits per heavy atom. The predicted molar refractivity (Wildman–Crippen MR) is 71.1 cm³/mol. The number of rotatable bonds is 3. The molecule has 0 aliphatic carbocycles. The Kier molecular flexibility index (Phi) is 4.27. The summed E-state index contributed by atoms with van der Waals surface area (Å²) in [5.74, 6) is -1.78. The number of hydrogen-bond acceptors (Lipinski definition) is 1. The summed E-state index contributed by atoms with van der Waals surface area (Å²) < 4.78 is 40.5. The molecule has 0 saturated carbocycles. The van der Waals surface area contributed by atoms with Crippen LogP contribution in [-0.4, -0.2) is 0 Å². The molecule has 2 N–H and O–H groups in total. The lowest BCUT2D eigenvalue weighted by molar-refractivity contribution is 0.566. The fourth-order valence-electron chi connectivity index (χ4n) is 1.89. The topological polar surface area (TPSA) is 26.0 Å². The summed E-state index contributed by atoms with van der Waals surface area (Å²) in [7, 11) is 0. The quantitative estimate of drug-likeness (QED) is 0.901. The van der Waals surface area contributed by atoms with Crippen molar-refractivity contribution in [2.45, 2.75) is 12.5 Å². The maximum absolute atomic E-state index is 13.6. The second-order valence-electron chi connectivity index (χ2n) is 4.25. The molecule has 1 unspecified atom stereocenters. The van der Waals surface area contributed by atoms with Gasteiger partial charge in [0.1, 0.15) is 17.5 Å². The Labute approximate surface area is 117 Å². The molecule has 0 aromatic heterocycles. The monoisotopic (exact) mass is 329 g/mol. The normalized spacial score (nSPS) is 12.5. The highest BCUT2D eigenvalue weighted by Gasteiger charge is 2.13. The van der Waals surface area contributed by atoms with Crippen molar-refractivity contribution in [3.05, 3.63) is 69.4 Å². The van der Waals surface area contributed by atoms with Gasteiger partial charge in [-0.3, -0.25) is 0 Å². The first-order valence-electron chi connectivity index (χ1n) is 5.61. The van der Waals surface area contributed by atoms with E-state index in [1.165, 1.54) is 18.2 Å². The lowest BCUT2D eigenvalue weighted by atomic mass is 9.99. The van der Waals surface area contributed by atoms with Gasteiger partial charge in [0.05, 0.1) is 0 Å². The van der Waals surface area contributed by atoms with Crippen molar-refractivity contribution >= 4 is 15.9 Å². The molecule has 1 atom stereocenters. The molecule has 0 aliphatic rings. The first kappa shape index (κ1) is 14.1. The van der Waals surface area contributed by atoms with Crippen molar-refractivity contribution in [1.29, 1.82) is 0 Å². The molecule has 2 aromatic rings. The molecule has 0 amide bonds. The van der Waals surface area contributed by atoms with Crippen LogP contribution in [0.4, 0.5) is 13.2 Å². The summed E-state index contributed by atoms with van der Waals surface area (Å²) in [4.78, 5) is 0. The predicted octanol–water partition coefficient (Wildman–Crippen LogP) is 4.11. The smallest absolute Gasteiger partial charge is 0.128 e. The van der Waals surface area contributed by atoms with Gasteiger partial charge >= 0.3 is 0 Å². The molecule has 19 heavy (non-hydrogen) atoms. The van der Waals surface area contributed by atoms with Gasteiger partial charge in [-0.15, -0.1) is 0 Å². The van der Waals surface area contributed by atoms with E-state index in [-0.39, 0.29) is 6.42 Å². The van der Waals surface area contributed by atoms with Crippen LogP contribution in [0.5, 0.6) is 0 Å². The SMILES string of the molecule is NC(Cc1cc(F)cc(F)c1)c1cc(Br)ccc1F. The van der Waals surface area contributed by atoms with E-state index in [1.807, 2.05) is 0 Å². The number of hydrogen-bond donors (Lipinski definition) is 1. The number of halogens is 4. The standard InChI is InChI=1S/C14H11BrF3N/c15-9-1-2-13(18)12(6-9)14(19)5-8-3-10(16)7-11(17)4-8/h1-4,6-7,14H,5,19H2. The van der Waals surface area contributed by atoms with Crippen LogP contribution in [0.15, 0.2) is 40.9 Å². The average Bonchev–Trinajstić information content (AvgIpc) is 2.30. The second kappa shape index (κ2) is 5.75. The van der Waals surface area contributed by atoms with Crippen molar-refractivity contribution in [3.63, 3.8) is 0 Å². The maximum atomic E-state index is 13.6. The van der Waals surface area contributed by atoms with Crippen LogP contribution in [0, 0.1) is 17.5 Å². The van der Waals surface area contributed by atoms with Crippen LogP contribution in [0.3, 0.4) is 0 Å². The Morgan fingerprint density at radius 1 is 1.00 bits per heavy atom. The van der Waals surface area contributed by atoms with Gasteiger partial charge in [-0.2, -0.15) is 0 Å². The van der Waals surface area contributed by atoms with E-state index < -0.39 is 23.5 Å². The molecule has 1 nitrogen and oxygen atoms in total. The molecule has 100 valence electrons. The minimum Gasteiger partial charge on any atom is -0.324 e. The Bertz CT molecular complexity index is 581. The van der Waals surface area contributed by atoms with Crippen molar-refractivity contribution in [2.75, 3.05) is 0 Å². The van der Waals surface area contributed by atoms with E-state index in [4.69, 9.17) is 5.73 Å². The fourth-order valence-corrected chi connectivity index (χ4v) is 2.27. The van der Waals surface area contributed by atoms with Crippen molar-refractivity contribution in [1.82, 2.24) is 0 Å². The summed E-state index contributed by atoms with van der Waals surface area (Å²) in [5.41, 5.74) is 6.59. The highest BCUT2D eigenvalue weighted by atomic mass is 79.9. The zero-order valence-electron chi connectivity index (χ0n) is 9.84. The zero-order valence-corrected chi connectivity index (χ0v) is 11.4. The molecule has 0 fully saturated rings. The Morgan fingerprint density at radius 2 is 1.63 bits per heavy atom. The summed E-state index contributed by atoms with van der Waals surface area (Å²) >= 11 is 3.23. The van der Waals surface area contributed by atoms with Crippen LogP contribution in [-0.2, 0) is 6.42 Å². The van der Waals surface area contributed by atoms with Gasteiger partial charge in [0, 0.05) is 22.1 Å². The van der Waals surface area contributed by atoms with Crippen LogP contribution in [0.1, 0.15) is 17.2 Å². The Hall–Kier alpha value is -1.33. The minimum absolute atomic E-state index is 0.155. The molecule has 5 heteroatoms. The van der Waals surface area contributed by atoms with E-state index in [0.717, 1.165) is 6.07 Å².